The Labute approximate surface area is 157 Å². The largest absolute Gasteiger partial charge is 0.493 e. The van der Waals surface area contributed by atoms with Crippen LogP contribution in [-0.4, -0.2) is 25.4 Å². The van der Waals surface area contributed by atoms with Gasteiger partial charge in [-0.1, -0.05) is 24.6 Å². The zero-order chi connectivity index (χ0) is 18.2. The summed E-state index contributed by atoms with van der Waals surface area (Å²) in [6, 6.07) is 13.1. The Morgan fingerprint density at radius 2 is 1.80 bits per heavy atom. The van der Waals surface area contributed by atoms with E-state index in [0.29, 0.717) is 23.1 Å². The third-order valence-electron chi connectivity index (χ3n) is 3.67. The molecule has 0 aliphatic carbocycles. The highest BCUT2D eigenvalue weighted by Crippen LogP contribution is 2.28. The van der Waals surface area contributed by atoms with Crippen molar-refractivity contribution < 1.29 is 14.3 Å². The smallest absolute Gasteiger partial charge is 0.233 e. The summed E-state index contributed by atoms with van der Waals surface area (Å²) in [5.41, 5.74) is 0.956. The van der Waals surface area contributed by atoms with Crippen molar-refractivity contribution in [3.63, 3.8) is 0 Å². The fourth-order valence-corrected chi connectivity index (χ4v) is 3.40. The van der Waals surface area contributed by atoms with Crippen LogP contribution in [-0.2, 0) is 11.3 Å². The third kappa shape index (κ3) is 5.58. The minimum atomic E-state index is -0.152. The first kappa shape index (κ1) is 19.5. The quantitative estimate of drug-likeness (QED) is 0.684. The molecule has 0 heterocycles. The number of halogens is 1. The number of ether oxygens (including phenoxy) is 2. The molecule has 2 rings (SSSR count). The number of amides is 1. The number of methoxy groups -OCH3 is 2. The van der Waals surface area contributed by atoms with Gasteiger partial charge in [0.2, 0.25) is 5.91 Å². The van der Waals surface area contributed by atoms with E-state index in [-0.39, 0.29) is 11.2 Å². The van der Waals surface area contributed by atoms with Crippen LogP contribution in [0, 0.1) is 0 Å². The maximum atomic E-state index is 12.5. The molecule has 0 aromatic heterocycles. The normalized spacial score (nSPS) is 11.7. The van der Waals surface area contributed by atoms with Crippen LogP contribution < -0.4 is 14.8 Å². The molecule has 0 spiro atoms. The highest BCUT2D eigenvalue weighted by atomic mass is 35.5. The van der Waals surface area contributed by atoms with Gasteiger partial charge in [0.25, 0.3) is 0 Å². The minimum Gasteiger partial charge on any atom is -0.493 e. The summed E-state index contributed by atoms with van der Waals surface area (Å²) in [5, 5.41) is 3.53. The Hall–Kier alpha value is -1.85. The summed E-state index contributed by atoms with van der Waals surface area (Å²) in [7, 11) is 3.19. The summed E-state index contributed by atoms with van der Waals surface area (Å²) in [4.78, 5) is 13.5. The lowest BCUT2D eigenvalue weighted by molar-refractivity contribution is -0.120. The van der Waals surface area contributed by atoms with Crippen molar-refractivity contribution in [2.45, 2.75) is 30.0 Å². The Kier molecular flexibility index (Phi) is 7.47. The van der Waals surface area contributed by atoms with Gasteiger partial charge in [-0.25, -0.2) is 0 Å². The Balaban J connectivity index is 1.96. The number of carbonyl (C=O) groups excluding carboxylic acids is 1. The molecule has 4 nitrogen and oxygen atoms in total. The zero-order valence-electron chi connectivity index (χ0n) is 14.5. The average Bonchev–Trinajstić information content (AvgIpc) is 2.65. The van der Waals surface area contributed by atoms with E-state index in [1.807, 2.05) is 49.4 Å². The molecule has 0 saturated heterocycles. The second-order valence-corrected chi connectivity index (χ2v) is 7.09. The van der Waals surface area contributed by atoms with E-state index in [2.05, 4.69) is 5.32 Å². The molecule has 1 atom stereocenters. The number of nitrogens with one attached hydrogen (secondary N) is 1. The maximum Gasteiger partial charge on any atom is 0.233 e. The molecular formula is C19H22ClNO3S. The maximum absolute atomic E-state index is 12.5. The van der Waals surface area contributed by atoms with Crippen molar-refractivity contribution in [3.8, 4) is 11.5 Å². The first-order chi connectivity index (χ1) is 12.1. The third-order valence-corrected chi connectivity index (χ3v) is 5.30. The van der Waals surface area contributed by atoms with Gasteiger partial charge in [-0.05, 0) is 48.4 Å². The monoisotopic (exact) mass is 379 g/mol. The van der Waals surface area contributed by atoms with Gasteiger partial charge >= 0.3 is 0 Å². The first-order valence-corrected chi connectivity index (χ1v) is 9.24. The summed E-state index contributed by atoms with van der Waals surface area (Å²) in [6.07, 6.45) is 0.741. The molecule has 0 aliphatic rings. The summed E-state index contributed by atoms with van der Waals surface area (Å²) >= 11 is 7.44. The molecule has 134 valence electrons. The molecule has 0 fully saturated rings. The number of thioether (sulfide) groups is 1. The van der Waals surface area contributed by atoms with Crippen LogP contribution in [0.2, 0.25) is 5.02 Å². The van der Waals surface area contributed by atoms with E-state index in [1.165, 1.54) is 11.8 Å². The Bertz CT molecular complexity index is 706. The van der Waals surface area contributed by atoms with Gasteiger partial charge in [0.15, 0.2) is 11.5 Å². The highest BCUT2D eigenvalue weighted by Gasteiger charge is 2.17. The van der Waals surface area contributed by atoms with E-state index in [0.717, 1.165) is 16.9 Å². The van der Waals surface area contributed by atoms with Gasteiger partial charge in [-0.3, -0.25) is 4.79 Å². The van der Waals surface area contributed by atoms with Crippen molar-refractivity contribution in [1.82, 2.24) is 5.32 Å². The fraction of sp³-hybridized carbons (Fsp3) is 0.316. The van der Waals surface area contributed by atoms with Gasteiger partial charge in [0.1, 0.15) is 0 Å². The second-order valence-electron chi connectivity index (χ2n) is 5.38. The van der Waals surface area contributed by atoms with Crippen molar-refractivity contribution >= 4 is 29.3 Å². The van der Waals surface area contributed by atoms with E-state index >= 15 is 0 Å². The van der Waals surface area contributed by atoms with E-state index in [9.17, 15) is 4.79 Å². The summed E-state index contributed by atoms with van der Waals surface area (Å²) < 4.78 is 10.5. The van der Waals surface area contributed by atoms with Crippen LogP contribution in [0.15, 0.2) is 47.4 Å². The molecule has 0 aliphatic heterocycles. The van der Waals surface area contributed by atoms with Crippen molar-refractivity contribution in [1.29, 1.82) is 0 Å². The van der Waals surface area contributed by atoms with Gasteiger partial charge in [-0.15, -0.1) is 11.8 Å². The van der Waals surface area contributed by atoms with Crippen LogP contribution in [0.25, 0.3) is 0 Å². The minimum absolute atomic E-state index is 0.0113. The first-order valence-electron chi connectivity index (χ1n) is 7.98. The van der Waals surface area contributed by atoms with E-state index in [4.69, 9.17) is 21.1 Å². The molecule has 0 unspecified atom stereocenters. The molecular weight excluding hydrogens is 358 g/mol. The van der Waals surface area contributed by atoms with Crippen molar-refractivity contribution in [2.24, 2.45) is 0 Å². The second kappa shape index (κ2) is 9.59. The number of benzene rings is 2. The topological polar surface area (TPSA) is 47.6 Å². The molecule has 2 aromatic rings. The van der Waals surface area contributed by atoms with Crippen LogP contribution in [0.4, 0.5) is 0 Å². The molecule has 0 saturated carbocycles. The predicted octanol–water partition coefficient (Wildman–Crippen LogP) is 4.54. The number of hydrogen-bond donors (Lipinski definition) is 1. The lowest BCUT2D eigenvalue weighted by atomic mass is 10.2. The molecule has 1 N–H and O–H groups in total. The molecule has 1 amide bonds. The highest BCUT2D eigenvalue weighted by molar-refractivity contribution is 8.00. The molecule has 0 bridgehead atoms. The molecule has 6 heteroatoms. The molecule has 2 aromatic carbocycles. The SMILES string of the molecule is CC[C@H](Sc1ccc(Cl)cc1)C(=O)NCc1ccc(OC)c(OC)c1. The predicted molar refractivity (Wildman–Crippen MR) is 103 cm³/mol. The van der Waals surface area contributed by atoms with Gasteiger partial charge in [0.05, 0.1) is 19.5 Å². The summed E-state index contributed by atoms with van der Waals surface area (Å²) in [5.74, 6) is 1.33. The molecule has 25 heavy (non-hydrogen) atoms. The van der Waals surface area contributed by atoms with Crippen LogP contribution in [0.3, 0.4) is 0 Å². The van der Waals surface area contributed by atoms with Gasteiger partial charge < -0.3 is 14.8 Å². The lowest BCUT2D eigenvalue weighted by Gasteiger charge is -2.15. The van der Waals surface area contributed by atoms with Crippen molar-refractivity contribution in [3.05, 3.63) is 53.1 Å². The van der Waals surface area contributed by atoms with Crippen LogP contribution in [0.1, 0.15) is 18.9 Å². The summed E-state index contributed by atoms with van der Waals surface area (Å²) in [6.45, 7) is 2.44. The van der Waals surface area contributed by atoms with Crippen LogP contribution >= 0.6 is 23.4 Å². The van der Waals surface area contributed by atoms with Gasteiger partial charge in [-0.2, -0.15) is 0 Å². The zero-order valence-corrected chi connectivity index (χ0v) is 16.1. The van der Waals surface area contributed by atoms with E-state index in [1.54, 1.807) is 14.2 Å². The van der Waals surface area contributed by atoms with E-state index < -0.39 is 0 Å². The average molecular weight is 380 g/mol. The van der Waals surface area contributed by atoms with Crippen molar-refractivity contribution in [2.75, 3.05) is 14.2 Å². The lowest BCUT2D eigenvalue weighted by Crippen LogP contribution is -2.31. The van der Waals surface area contributed by atoms with Gasteiger partial charge in [0, 0.05) is 16.5 Å². The number of carbonyl (C=O) groups is 1. The number of rotatable bonds is 8. The standard InChI is InChI=1S/C19H22ClNO3S/c1-4-18(25-15-8-6-14(20)7-9-15)19(22)21-12-13-5-10-16(23-2)17(11-13)24-3/h5-11,18H,4,12H2,1-3H3,(H,21,22)/t18-/m0/s1. The number of hydrogen-bond acceptors (Lipinski definition) is 4. The van der Waals surface area contributed by atoms with Crippen LogP contribution in [0.5, 0.6) is 11.5 Å². The Morgan fingerprint density at radius 3 is 2.40 bits per heavy atom. The molecule has 0 radical (unpaired) electrons. The Morgan fingerprint density at radius 1 is 1.12 bits per heavy atom. The fourth-order valence-electron chi connectivity index (χ4n) is 2.29.